The minimum absolute atomic E-state index is 0.247. The van der Waals surface area contributed by atoms with Crippen molar-refractivity contribution < 1.29 is 9.59 Å². The standard InChI is InChI=1S/C18H21ClN4O2/c1-23(2)8-4-7-21-17(24)13-9-14(12-20-11-13)18(25)22-16-6-3-5-15(19)10-16/h3,5-6,9-12H,4,7-8H2,1-2H3,(H,21,24)(H,22,25). The fraction of sp³-hybridized carbons (Fsp3) is 0.278. The second kappa shape index (κ2) is 9.15. The smallest absolute Gasteiger partial charge is 0.257 e. The van der Waals surface area contributed by atoms with Crippen LogP contribution >= 0.6 is 11.6 Å². The molecular weight excluding hydrogens is 340 g/mol. The summed E-state index contributed by atoms with van der Waals surface area (Å²) in [6, 6.07) is 8.37. The summed E-state index contributed by atoms with van der Waals surface area (Å²) < 4.78 is 0. The third-order valence-corrected chi connectivity index (χ3v) is 3.65. The van der Waals surface area contributed by atoms with Crippen molar-refractivity contribution in [3.8, 4) is 0 Å². The number of aromatic nitrogens is 1. The molecule has 1 heterocycles. The monoisotopic (exact) mass is 360 g/mol. The van der Waals surface area contributed by atoms with E-state index in [2.05, 4.69) is 20.5 Å². The third kappa shape index (κ3) is 6.17. The average molecular weight is 361 g/mol. The molecule has 0 bridgehead atoms. The predicted molar refractivity (Wildman–Crippen MR) is 99.1 cm³/mol. The topological polar surface area (TPSA) is 74.3 Å². The van der Waals surface area contributed by atoms with Gasteiger partial charge in [-0.2, -0.15) is 0 Å². The Bertz CT molecular complexity index is 749. The minimum Gasteiger partial charge on any atom is -0.352 e. The van der Waals surface area contributed by atoms with Crippen molar-refractivity contribution in [1.82, 2.24) is 15.2 Å². The number of halogens is 1. The molecule has 6 nitrogen and oxygen atoms in total. The van der Waals surface area contributed by atoms with Gasteiger partial charge in [-0.3, -0.25) is 14.6 Å². The quantitative estimate of drug-likeness (QED) is 0.744. The van der Waals surface area contributed by atoms with E-state index < -0.39 is 0 Å². The van der Waals surface area contributed by atoms with Crippen LogP contribution < -0.4 is 10.6 Å². The van der Waals surface area contributed by atoms with Gasteiger partial charge in [0.15, 0.2) is 0 Å². The number of benzene rings is 1. The van der Waals surface area contributed by atoms with Crippen LogP contribution in [0.3, 0.4) is 0 Å². The summed E-state index contributed by atoms with van der Waals surface area (Å²) in [6.45, 7) is 1.45. The number of amides is 2. The van der Waals surface area contributed by atoms with Crippen LogP contribution in [0.25, 0.3) is 0 Å². The Morgan fingerprint density at radius 3 is 2.52 bits per heavy atom. The van der Waals surface area contributed by atoms with E-state index in [0.717, 1.165) is 13.0 Å². The molecule has 132 valence electrons. The van der Waals surface area contributed by atoms with E-state index in [-0.39, 0.29) is 11.8 Å². The van der Waals surface area contributed by atoms with E-state index >= 15 is 0 Å². The first-order chi connectivity index (χ1) is 12.0. The van der Waals surface area contributed by atoms with Gasteiger partial charge in [0, 0.05) is 29.6 Å². The van der Waals surface area contributed by atoms with Crippen LogP contribution in [0, 0.1) is 0 Å². The fourth-order valence-corrected chi connectivity index (χ4v) is 2.35. The van der Waals surface area contributed by atoms with E-state index in [4.69, 9.17) is 11.6 Å². The van der Waals surface area contributed by atoms with Crippen LogP contribution in [0.4, 0.5) is 5.69 Å². The highest BCUT2D eigenvalue weighted by Crippen LogP contribution is 2.16. The Hall–Kier alpha value is -2.44. The molecule has 0 aliphatic heterocycles. The number of carbonyl (C=O) groups is 2. The lowest BCUT2D eigenvalue weighted by atomic mass is 10.1. The van der Waals surface area contributed by atoms with E-state index in [1.807, 2.05) is 14.1 Å². The van der Waals surface area contributed by atoms with Crippen molar-refractivity contribution in [3.05, 3.63) is 58.9 Å². The Morgan fingerprint density at radius 2 is 1.84 bits per heavy atom. The molecule has 0 atom stereocenters. The summed E-state index contributed by atoms with van der Waals surface area (Å²) in [5, 5.41) is 6.08. The van der Waals surface area contributed by atoms with Crippen molar-refractivity contribution in [2.24, 2.45) is 0 Å². The van der Waals surface area contributed by atoms with Crippen molar-refractivity contribution in [1.29, 1.82) is 0 Å². The maximum absolute atomic E-state index is 12.3. The molecule has 0 spiro atoms. The molecular formula is C18H21ClN4O2. The highest BCUT2D eigenvalue weighted by atomic mass is 35.5. The minimum atomic E-state index is -0.350. The number of hydrogen-bond donors (Lipinski definition) is 2. The molecule has 1 aromatic carbocycles. The van der Waals surface area contributed by atoms with Gasteiger partial charge in [-0.05, 0) is 51.3 Å². The lowest BCUT2D eigenvalue weighted by Gasteiger charge is -2.10. The molecule has 0 fully saturated rings. The van der Waals surface area contributed by atoms with Crippen molar-refractivity contribution >= 4 is 29.1 Å². The SMILES string of the molecule is CN(C)CCCNC(=O)c1cncc(C(=O)Nc2cccc(Cl)c2)c1. The van der Waals surface area contributed by atoms with Crippen LogP contribution in [0.15, 0.2) is 42.7 Å². The number of nitrogens with zero attached hydrogens (tertiary/aromatic N) is 2. The Labute approximate surface area is 152 Å². The van der Waals surface area contributed by atoms with Gasteiger partial charge < -0.3 is 15.5 Å². The van der Waals surface area contributed by atoms with Gasteiger partial charge >= 0.3 is 0 Å². The highest BCUT2D eigenvalue weighted by Gasteiger charge is 2.11. The van der Waals surface area contributed by atoms with Crippen LogP contribution in [-0.4, -0.2) is 48.9 Å². The van der Waals surface area contributed by atoms with Gasteiger partial charge in [0.1, 0.15) is 0 Å². The zero-order valence-electron chi connectivity index (χ0n) is 14.3. The molecule has 2 N–H and O–H groups in total. The Morgan fingerprint density at radius 1 is 1.12 bits per heavy atom. The number of nitrogens with one attached hydrogen (secondary N) is 2. The van der Waals surface area contributed by atoms with Gasteiger partial charge in [0.05, 0.1) is 11.1 Å². The highest BCUT2D eigenvalue weighted by molar-refractivity contribution is 6.31. The lowest BCUT2D eigenvalue weighted by Crippen LogP contribution is -2.27. The summed E-state index contributed by atoms with van der Waals surface area (Å²) >= 11 is 5.90. The van der Waals surface area contributed by atoms with Crippen LogP contribution in [0.5, 0.6) is 0 Å². The normalized spacial score (nSPS) is 10.6. The van der Waals surface area contributed by atoms with E-state index in [9.17, 15) is 9.59 Å². The molecule has 2 rings (SSSR count). The molecule has 0 saturated carbocycles. The fourth-order valence-electron chi connectivity index (χ4n) is 2.16. The summed E-state index contributed by atoms with van der Waals surface area (Å²) in [4.78, 5) is 30.5. The summed E-state index contributed by atoms with van der Waals surface area (Å²) in [5.41, 5.74) is 1.24. The molecule has 7 heteroatoms. The molecule has 0 radical (unpaired) electrons. The predicted octanol–water partition coefficient (Wildman–Crippen LogP) is 2.67. The van der Waals surface area contributed by atoms with Gasteiger partial charge in [0.25, 0.3) is 11.8 Å². The van der Waals surface area contributed by atoms with Crippen LogP contribution in [0.2, 0.25) is 5.02 Å². The molecule has 0 saturated heterocycles. The summed E-state index contributed by atoms with van der Waals surface area (Å²) in [7, 11) is 3.96. The first-order valence-electron chi connectivity index (χ1n) is 7.90. The molecule has 2 amide bonds. The van der Waals surface area contributed by atoms with Crippen molar-refractivity contribution in [3.63, 3.8) is 0 Å². The first-order valence-corrected chi connectivity index (χ1v) is 8.28. The third-order valence-electron chi connectivity index (χ3n) is 3.41. The van der Waals surface area contributed by atoms with E-state index in [0.29, 0.717) is 28.4 Å². The first kappa shape index (κ1) is 18.9. The Kier molecular flexibility index (Phi) is 6.91. The Balaban J connectivity index is 1.97. The second-order valence-electron chi connectivity index (χ2n) is 5.84. The summed E-state index contributed by atoms with van der Waals surface area (Å²) in [5.74, 6) is -0.597. The lowest BCUT2D eigenvalue weighted by molar-refractivity contribution is 0.0952. The molecule has 0 aliphatic rings. The number of carbonyl (C=O) groups excluding carboxylic acids is 2. The van der Waals surface area contributed by atoms with Gasteiger partial charge in [-0.15, -0.1) is 0 Å². The maximum Gasteiger partial charge on any atom is 0.257 e. The molecule has 1 aromatic heterocycles. The maximum atomic E-state index is 12.3. The zero-order valence-corrected chi connectivity index (χ0v) is 15.0. The van der Waals surface area contributed by atoms with E-state index in [1.54, 1.807) is 24.3 Å². The van der Waals surface area contributed by atoms with Gasteiger partial charge in [-0.1, -0.05) is 17.7 Å². The van der Waals surface area contributed by atoms with Gasteiger partial charge in [0.2, 0.25) is 0 Å². The van der Waals surface area contributed by atoms with Crippen molar-refractivity contribution in [2.75, 3.05) is 32.5 Å². The van der Waals surface area contributed by atoms with Crippen LogP contribution in [-0.2, 0) is 0 Å². The van der Waals surface area contributed by atoms with Crippen LogP contribution in [0.1, 0.15) is 27.1 Å². The number of pyridine rings is 1. The molecule has 2 aromatic rings. The van der Waals surface area contributed by atoms with Gasteiger partial charge in [-0.25, -0.2) is 0 Å². The number of hydrogen-bond acceptors (Lipinski definition) is 4. The number of anilines is 1. The van der Waals surface area contributed by atoms with E-state index in [1.165, 1.54) is 18.5 Å². The van der Waals surface area contributed by atoms with Crippen molar-refractivity contribution in [2.45, 2.75) is 6.42 Å². The summed E-state index contributed by atoms with van der Waals surface area (Å²) in [6.07, 6.45) is 3.71. The largest absolute Gasteiger partial charge is 0.352 e. The second-order valence-corrected chi connectivity index (χ2v) is 6.28. The number of rotatable bonds is 7. The zero-order chi connectivity index (χ0) is 18.2. The molecule has 0 aliphatic carbocycles. The molecule has 25 heavy (non-hydrogen) atoms. The average Bonchev–Trinajstić information content (AvgIpc) is 2.58. The molecule has 0 unspecified atom stereocenters.